The summed E-state index contributed by atoms with van der Waals surface area (Å²) in [6.45, 7) is 0. The first-order valence-electron chi connectivity index (χ1n) is 6.19. The van der Waals surface area contributed by atoms with Crippen LogP contribution in [0.2, 0.25) is 0 Å². The summed E-state index contributed by atoms with van der Waals surface area (Å²) in [6.07, 6.45) is 2.60. The Morgan fingerprint density at radius 2 is 2.00 bits per heavy atom. The van der Waals surface area contributed by atoms with Crippen LogP contribution in [0.5, 0.6) is 0 Å². The lowest BCUT2D eigenvalue weighted by Gasteiger charge is -2.08. The summed E-state index contributed by atoms with van der Waals surface area (Å²) in [6, 6.07) is 10.9. The van der Waals surface area contributed by atoms with E-state index in [1.54, 1.807) is 6.07 Å². The number of aromatic nitrogens is 3. The molecule has 0 bridgehead atoms. The predicted molar refractivity (Wildman–Crippen MR) is 81.5 cm³/mol. The van der Waals surface area contributed by atoms with Gasteiger partial charge in [-0.2, -0.15) is 0 Å². The zero-order chi connectivity index (χ0) is 15.0. The number of alkyl halides is 1. The predicted octanol–water partition coefficient (Wildman–Crippen LogP) is 2.56. The summed E-state index contributed by atoms with van der Waals surface area (Å²) < 4.78 is 25.2. The number of rotatable bonds is 3. The third-order valence-corrected chi connectivity index (χ3v) is 4.33. The number of sulfone groups is 1. The lowest BCUT2D eigenvalue weighted by Crippen LogP contribution is -2.04. The van der Waals surface area contributed by atoms with Crippen LogP contribution in [0.1, 0.15) is 5.82 Å². The van der Waals surface area contributed by atoms with Crippen molar-refractivity contribution in [1.29, 1.82) is 0 Å². The molecule has 0 saturated heterocycles. The molecule has 0 unspecified atom stereocenters. The average Bonchev–Trinajstić information content (AvgIpc) is 2.85. The van der Waals surface area contributed by atoms with Crippen molar-refractivity contribution in [2.24, 2.45) is 0 Å². The zero-order valence-corrected chi connectivity index (χ0v) is 12.8. The van der Waals surface area contributed by atoms with Crippen LogP contribution >= 0.6 is 11.6 Å². The summed E-state index contributed by atoms with van der Waals surface area (Å²) in [7, 11) is -3.37. The maximum atomic E-state index is 11.7. The maximum absolute atomic E-state index is 11.7. The minimum atomic E-state index is -3.37. The van der Waals surface area contributed by atoms with E-state index in [9.17, 15) is 8.42 Å². The molecule has 3 aromatic rings. The Morgan fingerprint density at radius 3 is 2.71 bits per heavy atom. The fourth-order valence-corrected chi connectivity index (χ4v) is 2.96. The van der Waals surface area contributed by atoms with Crippen LogP contribution in [-0.4, -0.2) is 29.2 Å². The topological polar surface area (TPSA) is 64.8 Å². The van der Waals surface area contributed by atoms with Crippen molar-refractivity contribution < 1.29 is 8.42 Å². The molecular formula is C14H12ClN3O2S. The molecule has 0 aliphatic carbocycles. The van der Waals surface area contributed by atoms with Crippen LogP contribution in [0.15, 0.2) is 47.6 Å². The van der Waals surface area contributed by atoms with Gasteiger partial charge in [-0.25, -0.2) is 18.4 Å². The number of benzene rings is 1. The highest BCUT2D eigenvalue weighted by atomic mass is 35.5. The van der Waals surface area contributed by atoms with E-state index in [0.717, 1.165) is 17.3 Å². The fraction of sp³-hybridized carbons (Fsp3) is 0.143. The van der Waals surface area contributed by atoms with Crippen molar-refractivity contribution in [2.45, 2.75) is 10.9 Å². The van der Waals surface area contributed by atoms with Crippen LogP contribution < -0.4 is 0 Å². The Hall–Kier alpha value is -1.92. The summed E-state index contributed by atoms with van der Waals surface area (Å²) in [5.41, 5.74) is 2.36. The fourth-order valence-electron chi connectivity index (χ4n) is 2.19. The largest absolute Gasteiger partial charge is 0.295 e. The molecule has 0 radical (unpaired) electrons. The van der Waals surface area contributed by atoms with E-state index >= 15 is 0 Å². The van der Waals surface area contributed by atoms with Crippen LogP contribution in [0.3, 0.4) is 0 Å². The maximum Gasteiger partial charge on any atom is 0.192 e. The van der Waals surface area contributed by atoms with E-state index < -0.39 is 9.84 Å². The molecule has 0 aliphatic rings. The number of para-hydroxylation sites is 2. The molecule has 2 aromatic heterocycles. The number of pyridine rings is 1. The minimum absolute atomic E-state index is 0.0262. The molecule has 0 amide bonds. The van der Waals surface area contributed by atoms with Gasteiger partial charge in [0.05, 0.1) is 22.6 Å². The summed E-state index contributed by atoms with van der Waals surface area (Å²) in [5, 5.41) is 0.0262. The molecule has 0 atom stereocenters. The number of halogens is 1. The molecule has 0 saturated carbocycles. The molecule has 0 spiro atoms. The minimum Gasteiger partial charge on any atom is -0.295 e. The van der Waals surface area contributed by atoms with E-state index in [0.29, 0.717) is 11.5 Å². The second-order valence-electron chi connectivity index (χ2n) is 4.61. The Bertz CT molecular complexity index is 919. The molecule has 5 nitrogen and oxygen atoms in total. The van der Waals surface area contributed by atoms with Crippen molar-refractivity contribution in [3.8, 4) is 5.69 Å². The van der Waals surface area contributed by atoms with E-state index in [1.807, 2.05) is 28.8 Å². The molecule has 21 heavy (non-hydrogen) atoms. The number of hydrogen-bond acceptors (Lipinski definition) is 4. The van der Waals surface area contributed by atoms with Gasteiger partial charge < -0.3 is 0 Å². The third kappa shape index (κ3) is 2.52. The van der Waals surface area contributed by atoms with Gasteiger partial charge >= 0.3 is 0 Å². The Labute approximate surface area is 127 Å². The summed E-state index contributed by atoms with van der Waals surface area (Å²) in [4.78, 5) is 8.36. The van der Waals surface area contributed by atoms with Crippen molar-refractivity contribution in [2.75, 3.05) is 6.26 Å². The van der Waals surface area contributed by atoms with E-state index in [4.69, 9.17) is 11.6 Å². The molecular weight excluding hydrogens is 310 g/mol. The molecule has 1 aromatic carbocycles. The first-order valence-corrected chi connectivity index (χ1v) is 8.62. The summed E-state index contributed by atoms with van der Waals surface area (Å²) in [5.74, 6) is 0.883. The quantitative estimate of drug-likeness (QED) is 0.695. The van der Waals surface area contributed by atoms with Gasteiger partial charge in [0.1, 0.15) is 5.82 Å². The van der Waals surface area contributed by atoms with Gasteiger partial charge in [0.2, 0.25) is 0 Å². The van der Waals surface area contributed by atoms with E-state index in [2.05, 4.69) is 9.97 Å². The van der Waals surface area contributed by atoms with Crippen LogP contribution in [0.25, 0.3) is 16.7 Å². The van der Waals surface area contributed by atoms with Crippen LogP contribution in [-0.2, 0) is 15.7 Å². The molecule has 0 aliphatic heterocycles. The smallest absolute Gasteiger partial charge is 0.192 e. The second-order valence-corrected chi connectivity index (χ2v) is 6.84. The molecule has 2 heterocycles. The Morgan fingerprint density at radius 1 is 1.24 bits per heavy atom. The highest BCUT2D eigenvalue weighted by Crippen LogP contribution is 2.23. The number of imidazole rings is 1. The SMILES string of the molecule is CS(=O)(=O)c1cc(-n2c(CCl)nc3ccccc32)ccn1. The molecule has 0 N–H and O–H groups in total. The van der Waals surface area contributed by atoms with Crippen molar-refractivity contribution >= 4 is 32.5 Å². The normalized spacial score (nSPS) is 11.9. The van der Waals surface area contributed by atoms with Gasteiger partial charge in [-0.05, 0) is 24.3 Å². The van der Waals surface area contributed by atoms with E-state index in [-0.39, 0.29) is 10.9 Å². The molecule has 108 valence electrons. The lowest BCUT2D eigenvalue weighted by molar-refractivity contribution is 0.598. The van der Waals surface area contributed by atoms with Crippen molar-refractivity contribution in [3.63, 3.8) is 0 Å². The van der Waals surface area contributed by atoms with Gasteiger partial charge in [-0.1, -0.05) is 12.1 Å². The highest BCUT2D eigenvalue weighted by molar-refractivity contribution is 7.90. The number of nitrogens with zero attached hydrogens (tertiary/aromatic N) is 3. The van der Waals surface area contributed by atoms with Crippen LogP contribution in [0.4, 0.5) is 0 Å². The van der Waals surface area contributed by atoms with Crippen molar-refractivity contribution in [3.05, 3.63) is 48.4 Å². The first kappa shape index (κ1) is 14.0. The van der Waals surface area contributed by atoms with Gasteiger partial charge in [-0.3, -0.25) is 4.57 Å². The Kier molecular flexibility index (Phi) is 3.43. The summed E-state index contributed by atoms with van der Waals surface area (Å²) >= 11 is 5.97. The van der Waals surface area contributed by atoms with Crippen molar-refractivity contribution in [1.82, 2.24) is 14.5 Å². The number of fused-ring (bicyclic) bond motifs is 1. The standard InChI is InChI=1S/C14H12ClN3O2S/c1-21(19,20)14-8-10(6-7-16-14)18-12-5-3-2-4-11(12)17-13(18)9-15/h2-8H,9H2,1H3. The molecule has 3 rings (SSSR count). The van der Waals surface area contributed by atoms with Gasteiger partial charge in [0.25, 0.3) is 0 Å². The van der Waals surface area contributed by atoms with Crippen LogP contribution in [0, 0.1) is 0 Å². The molecule has 7 heteroatoms. The molecule has 0 fully saturated rings. The zero-order valence-electron chi connectivity index (χ0n) is 11.2. The second kappa shape index (κ2) is 5.13. The average molecular weight is 322 g/mol. The highest BCUT2D eigenvalue weighted by Gasteiger charge is 2.14. The van der Waals surface area contributed by atoms with Gasteiger partial charge in [0.15, 0.2) is 14.9 Å². The van der Waals surface area contributed by atoms with E-state index in [1.165, 1.54) is 12.3 Å². The monoisotopic (exact) mass is 321 g/mol. The number of hydrogen-bond donors (Lipinski definition) is 0. The van der Waals surface area contributed by atoms with Gasteiger partial charge in [0, 0.05) is 12.5 Å². The first-order chi connectivity index (χ1) is 10.0. The van der Waals surface area contributed by atoms with Gasteiger partial charge in [-0.15, -0.1) is 11.6 Å². The third-order valence-electron chi connectivity index (χ3n) is 3.11. The lowest BCUT2D eigenvalue weighted by atomic mass is 10.3. The Balaban J connectivity index is 2.30.